The van der Waals surface area contributed by atoms with E-state index in [1.165, 1.54) is 14.2 Å². The van der Waals surface area contributed by atoms with Gasteiger partial charge in [0.2, 0.25) is 0 Å². The minimum absolute atomic E-state index is 0.156. The quantitative estimate of drug-likeness (QED) is 0.754. The van der Waals surface area contributed by atoms with Gasteiger partial charge in [-0.3, -0.25) is 4.90 Å². The summed E-state index contributed by atoms with van der Waals surface area (Å²) in [4.78, 5) is 2.26. The molecule has 1 aromatic rings. The summed E-state index contributed by atoms with van der Waals surface area (Å²) in [7, 11) is 3.06. The molecule has 0 radical (unpaired) electrons. The van der Waals surface area contributed by atoms with Gasteiger partial charge in [-0.15, -0.1) is 0 Å². The van der Waals surface area contributed by atoms with E-state index in [1.807, 2.05) is 12.1 Å². The van der Waals surface area contributed by atoms with Crippen molar-refractivity contribution in [2.24, 2.45) is 17.3 Å². The summed E-state index contributed by atoms with van der Waals surface area (Å²) in [6.07, 6.45) is 2.98. The molecule has 1 fully saturated rings. The highest BCUT2D eigenvalue weighted by atomic mass is 16.5. The molecule has 7 heteroatoms. The van der Waals surface area contributed by atoms with Crippen LogP contribution in [0.4, 0.5) is 0 Å². The van der Waals surface area contributed by atoms with Crippen LogP contribution in [0.1, 0.15) is 24.8 Å². The molecule has 0 bridgehead atoms. The average molecular weight is 403 g/mol. The van der Waals surface area contributed by atoms with Gasteiger partial charge in [0.05, 0.1) is 38.1 Å². The van der Waals surface area contributed by atoms with Crippen LogP contribution in [0.2, 0.25) is 0 Å². The Hall–Kier alpha value is -3.34. The molecule has 1 unspecified atom stereocenters. The lowest BCUT2D eigenvalue weighted by atomic mass is 9.54. The third kappa shape index (κ3) is 3.11. The summed E-state index contributed by atoms with van der Waals surface area (Å²) in [5.74, 6) is -0.827. The fraction of sp³-hybridized carbons (Fsp3) is 0.478. The largest absolute Gasteiger partial charge is 0.493 e. The normalized spacial score (nSPS) is 25.1. The lowest BCUT2D eigenvalue weighted by Crippen LogP contribution is -2.53. The number of hydrogen-bond donors (Lipinski definition) is 1. The zero-order chi connectivity index (χ0) is 21.9. The SMILES string of the molecule is CCCN1CC=C2C(C#N)C(=N)C(C#N)(C#N)[C@H](c3cccc(OC)c3OC)[C@@H]2C1. The molecule has 154 valence electrons. The topological polar surface area (TPSA) is 117 Å². The van der Waals surface area contributed by atoms with Gasteiger partial charge in [-0.05, 0) is 24.6 Å². The Kier molecular flexibility index (Phi) is 6.11. The second kappa shape index (κ2) is 8.57. The van der Waals surface area contributed by atoms with Crippen LogP contribution in [-0.2, 0) is 0 Å². The minimum Gasteiger partial charge on any atom is -0.493 e. The molecule has 3 atom stereocenters. The molecule has 30 heavy (non-hydrogen) atoms. The number of nitriles is 3. The fourth-order valence-electron chi connectivity index (χ4n) is 4.87. The van der Waals surface area contributed by atoms with Gasteiger partial charge >= 0.3 is 0 Å². The van der Waals surface area contributed by atoms with E-state index in [1.54, 1.807) is 12.1 Å². The fourth-order valence-corrected chi connectivity index (χ4v) is 4.87. The number of fused-ring (bicyclic) bond motifs is 1. The van der Waals surface area contributed by atoms with Gasteiger partial charge in [0.15, 0.2) is 16.9 Å². The number of nitrogens with zero attached hydrogens (tertiary/aromatic N) is 4. The second-order valence-electron chi connectivity index (χ2n) is 7.64. The maximum atomic E-state index is 10.2. The van der Waals surface area contributed by atoms with Crippen molar-refractivity contribution in [1.82, 2.24) is 4.90 Å². The summed E-state index contributed by atoms with van der Waals surface area (Å²) in [6.45, 7) is 4.29. The molecule has 1 aliphatic carbocycles. The van der Waals surface area contributed by atoms with Gasteiger partial charge in [-0.2, -0.15) is 15.8 Å². The molecule has 1 aromatic carbocycles. The molecule has 7 nitrogen and oxygen atoms in total. The van der Waals surface area contributed by atoms with Crippen molar-refractivity contribution in [2.45, 2.75) is 19.3 Å². The predicted octanol–water partition coefficient (Wildman–Crippen LogP) is 3.26. The van der Waals surface area contributed by atoms with Crippen molar-refractivity contribution >= 4 is 5.71 Å². The van der Waals surface area contributed by atoms with Crippen LogP contribution >= 0.6 is 0 Å². The van der Waals surface area contributed by atoms with E-state index in [0.717, 1.165) is 18.5 Å². The Morgan fingerprint density at radius 3 is 2.50 bits per heavy atom. The Bertz CT molecular complexity index is 980. The summed E-state index contributed by atoms with van der Waals surface area (Å²) in [5, 5.41) is 38.9. The summed E-state index contributed by atoms with van der Waals surface area (Å²) < 4.78 is 11.1. The van der Waals surface area contributed by atoms with Gasteiger partial charge < -0.3 is 14.9 Å². The first-order chi connectivity index (χ1) is 14.5. The zero-order valence-corrected chi connectivity index (χ0v) is 17.5. The van der Waals surface area contributed by atoms with Crippen molar-refractivity contribution in [3.8, 4) is 29.7 Å². The first-order valence-electron chi connectivity index (χ1n) is 9.97. The molecular formula is C23H25N5O2. The van der Waals surface area contributed by atoms with Crippen LogP contribution < -0.4 is 9.47 Å². The molecule has 0 spiro atoms. The number of para-hydroxylation sites is 1. The summed E-state index contributed by atoms with van der Waals surface area (Å²) >= 11 is 0. The third-order valence-corrected chi connectivity index (χ3v) is 6.17. The lowest BCUT2D eigenvalue weighted by molar-refractivity contribution is 0.202. The smallest absolute Gasteiger partial charge is 0.189 e. The Morgan fingerprint density at radius 1 is 1.20 bits per heavy atom. The number of methoxy groups -OCH3 is 2. The Balaban J connectivity index is 2.29. The molecule has 2 aliphatic rings. The summed E-state index contributed by atoms with van der Waals surface area (Å²) in [5.41, 5.74) is -0.449. The monoisotopic (exact) mass is 403 g/mol. The first kappa shape index (κ1) is 21.4. The van der Waals surface area contributed by atoms with E-state index in [0.29, 0.717) is 30.2 Å². The van der Waals surface area contributed by atoms with Gasteiger partial charge in [0, 0.05) is 30.5 Å². The van der Waals surface area contributed by atoms with Crippen molar-refractivity contribution < 1.29 is 9.47 Å². The van der Waals surface area contributed by atoms with Crippen molar-refractivity contribution in [3.63, 3.8) is 0 Å². The number of nitrogens with one attached hydrogen (secondary N) is 1. The van der Waals surface area contributed by atoms with Gasteiger partial charge in [-0.1, -0.05) is 25.1 Å². The second-order valence-corrected chi connectivity index (χ2v) is 7.64. The van der Waals surface area contributed by atoms with Crippen LogP contribution in [0.25, 0.3) is 0 Å². The van der Waals surface area contributed by atoms with Crippen LogP contribution in [-0.4, -0.2) is 44.5 Å². The highest BCUT2D eigenvalue weighted by Gasteiger charge is 2.58. The molecule has 1 aliphatic heterocycles. The van der Waals surface area contributed by atoms with E-state index >= 15 is 0 Å². The van der Waals surface area contributed by atoms with E-state index in [2.05, 4.69) is 30.0 Å². The number of hydrogen-bond acceptors (Lipinski definition) is 7. The molecule has 0 amide bonds. The van der Waals surface area contributed by atoms with Gasteiger partial charge in [-0.25, -0.2) is 0 Å². The third-order valence-electron chi connectivity index (χ3n) is 6.17. The van der Waals surface area contributed by atoms with Crippen LogP contribution in [0.3, 0.4) is 0 Å². The van der Waals surface area contributed by atoms with Gasteiger partial charge in [0.1, 0.15) is 5.92 Å². The zero-order valence-electron chi connectivity index (χ0n) is 17.5. The van der Waals surface area contributed by atoms with Crippen LogP contribution in [0.5, 0.6) is 11.5 Å². The molecule has 0 aromatic heterocycles. The van der Waals surface area contributed by atoms with Crippen LogP contribution in [0, 0.1) is 56.7 Å². The van der Waals surface area contributed by atoms with Crippen molar-refractivity contribution in [2.75, 3.05) is 33.9 Å². The highest BCUT2D eigenvalue weighted by molar-refractivity contribution is 6.01. The summed E-state index contributed by atoms with van der Waals surface area (Å²) in [6, 6.07) is 11.8. The van der Waals surface area contributed by atoms with E-state index in [9.17, 15) is 15.8 Å². The predicted molar refractivity (Wildman–Crippen MR) is 111 cm³/mol. The average Bonchev–Trinajstić information content (AvgIpc) is 2.78. The van der Waals surface area contributed by atoms with Crippen molar-refractivity contribution in [3.05, 3.63) is 35.4 Å². The molecule has 1 N–H and O–H groups in total. The molecule has 0 saturated heterocycles. The number of rotatable bonds is 5. The maximum Gasteiger partial charge on any atom is 0.189 e. The Morgan fingerprint density at radius 2 is 1.93 bits per heavy atom. The lowest BCUT2D eigenvalue weighted by Gasteiger charge is -2.48. The van der Waals surface area contributed by atoms with E-state index < -0.39 is 17.3 Å². The highest BCUT2D eigenvalue weighted by Crippen LogP contribution is 2.56. The molecular weight excluding hydrogens is 378 g/mol. The van der Waals surface area contributed by atoms with Gasteiger partial charge in [0.25, 0.3) is 0 Å². The minimum atomic E-state index is -1.77. The van der Waals surface area contributed by atoms with Crippen molar-refractivity contribution in [1.29, 1.82) is 21.2 Å². The van der Waals surface area contributed by atoms with Crippen LogP contribution in [0.15, 0.2) is 29.8 Å². The standard InChI is InChI=1S/C23H25N5O2/c1-4-9-28-10-8-15-17(11-24)22(27)23(13-25,14-26)20(18(15)12-28)16-6-5-7-19(29-2)21(16)30-3/h5-8,17-18,20,27H,4,9-10,12H2,1-3H3/t17?,18-,20-/m1/s1. The van der Waals surface area contributed by atoms with E-state index in [-0.39, 0.29) is 11.6 Å². The first-order valence-corrected chi connectivity index (χ1v) is 9.97. The molecule has 1 saturated carbocycles. The Labute approximate surface area is 177 Å². The number of ether oxygens (including phenoxy) is 2. The maximum absolute atomic E-state index is 10.2. The molecule has 1 heterocycles. The molecule has 3 rings (SSSR count). The number of benzene rings is 1. The van der Waals surface area contributed by atoms with E-state index in [4.69, 9.17) is 14.9 Å².